The second-order valence-corrected chi connectivity index (χ2v) is 8.22. The molecule has 0 spiro atoms. The first-order chi connectivity index (χ1) is 12.9. The van der Waals surface area contributed by atoms with E-state index in [1.54, 1.807) is 12.3 Å². The number of nitrogens with zero attached hydrogens (tertiary/aromatic N) is 2. The number of pyridine rings is 1. The van der Waals surface area contributed by atoms with Crippen molar-refractivity contribution in [2.75, 3.05) is 25.0 Å². The number of aromatic nitrogens is 1. The van der Waals surface area contributed by atoms with Gasteiger partial charge in [0, 0.05) is 48.1 Å². The Morgan fingerprint density at radius 3 is 2.67 bits per heavy atom. The summed E-state index contributed by atoms with van der Waals surface area (Å²) in [6.45, 7) is 4.55. The number of nitrogens with one attached hydrogen (secondary N) is 2. The van der Waals surface area contributed by atoms with E-state index >= 15 is 0 Å². The van der Waals surface area contributed by atoms with Gasteiger partial charge in [0.1, 0.15) is 5.82 Å². The van der Waals surface area contributed by atoms with Gasteiger partial charge in [-0.2, -0.15) is 0 Å². The van der Waals surface area contributed by atoms with Gasteiger partial charge >= 0.3 is 0 Å². The number of halogens is 2. The molecule has 27 heavy (non-hydrogen) atoms. The highest BCUT2D eigenvalue weighted by atomic mass is 35.5. The van der Waals surface area contributed by atoms with Gasteiger partial charge in [-0.25, -0.2) is 4.98 Å². The van der Waals surface area contributed by atoms with E-state index in [0.717, 1.165) is 48.4 Å². The number of hydrogen-bond acceptors (Lipinski definition) is 4. The Bertz CT molecular complexity index is 907. The van der Waals surface area contributed by atoms with Gasteiger partial charge < -0.3 is 15.5 Å². The molecule has 2 aromatic rings. The van der Waals surface area contributed by atoms with Gasteiger partial charge in [-0.1, -0.05) is 35.3 Å². The monoisotopic (exact) mass is 404 g/mol. The van der Waals surface area contributed by atoms with Crippen LogP contribution < -0.4 is 15.5 Å². The first-order valence-electron chi connectivity index (χ1n) is 9.12. The average molecular weight is 405 g/mol. The summed E-state index contributed by atoms with van der Waals surface area (Å²) < 4.78 is 0. The molecule has 0 aliphatic carbocycles. The number of carbonyl (C=O) groups is 1. The van der Waals surface area contributed by atoms with E-state index in [2.05, 4.69) is 22.5 Å². The molecule has 0 unspecified atom stereocenters. The second-order valence-electron chi connectivity index (χ2n) is 7.43. The highest BCUT2D eigenvalue weighted by Crippen LogP contribution is 2.39. The van der Waals surface area contributed by atoms with Crippen molar-refractivity contribution in [2.45, 2.75) is 31.8 Å². The lowest BCUT2D eigenvalue weighted by Gasteiger charge is -2.40. The Morgan fingerprint density at radius 1 is 1.22 bits per heavy atom. The fourth-order valence-corrected chi connectivity index (χ4v) is 4.28. The van der Waals surface area contributed by atoms with Crippen LogP contribution in [-0.4, -0.2) is 36.6 Å². The number of anilines is 1. The Kier molecular flexibility index (Phi) is 4.78. The standard InChI is InChI=1S/C20H22Cl2N4O/c1-20(23-2)6-8-26(9-7-20)18-14-11-25-19(27)16(14)13(10-24-18)12-4-3-5-15(21)17(12)22/h3-5,10,23H,6-9,11H2,1-2H3,(H,25,27). The van der Waals surface area contributed by atoms with Crippen molar-refractivity contribution in [2.24, 2.45) is 0 Å². The fraction of sp³-hybridized carbons (Fsp3) is 0.400. The largest absolute Gasteiger partial charge is 0.356 e. The van der Waals surface area contributed by atoms with Crippen LogP contribution >= 0.6 is 23.2 Å². The minimum absolute atomic E-state index is 0.0863. The second kappa shape index (κ2) is 6.97. The number of rotatable bonds is 3. The van der Waals surface area contributed by atoms with Gasteiger partial charge in [0.25, 0.3) is 5.91 Å². The number of amides is 1. The molecule has 2 aliphatic heterocycles. The van der Waals surface area contributed by atoms with Crippen molar-refractivity contribution in [3.63, 3.8) is 0 Å². The zero-order chi connectivity index (χ0) is 19.2. The molecule has 2 N–H and O–H groups in total. The van der Waals surface area contributed by atoms with Crippen LogP contribution in [0.2, 0.25) is 10.0 Å². The summed E-state index contributed by atoms with van der Waals surface area (Å²) in [4.78, 5) is 19.6. The summed E-state index contributed by atoms with van der Waals surface area (Å²) in [5, 5.41) is 7.26. The number of benzene rings is 1. The van der Waals surface area contributed by atoms with Crippen LogP contribution in [0.4, 0.5) is 5.82 Å². The summed E-state index contributed by atoms with van der Waals surface area (Å²) >= 11 is 12.6. The third kappa shape index (κ3) is 3.18. The fourth-order valence-electron chi connectivity index (χ4n) is 3.88. The molecule has 7 heteroatoms. The molecule has 0 radical (unpaired) electrons. The summed E-state index contributed by atoms with van der Waals surface area (Å²) in [6.07, 6.45) is 3.81. The Balaban J connectivity index is 1.76. The molecule has 1 aromatic heterocycles. The highest BCUT2D eigenvalue weighted by molar-refractivity contribution is 6.43. The van der Waals surface area contributed by atoms with Crippen molar-refractivity contribution in [3.05, 3.63) is 45.6 Å². The quantitative estimate of drug-likeness (QED) is 0.814. The summed E-state index contributed by atoms with van der Waals surface area (Å²) in [5.41, 5.74) is 3.22. The molecular weight excluding hydrogens is 383 g/mol. The zero-order valence-electron chi connectivity index (χ0n) is 15.4. The van der Waals surface area contributed by atoms with E-state index in [9.17, 15) is 4.79 Å². The number of piperidine rings is 1. The van der Waals surface area contributed by atoms with Crippen LogP contribution in [0.3, 0.4) is 0 Å². The molecule has 3 heterocycles. The molecule has 0 bridgehead atoms. The first kappa shape index (κ1) is 18.5. The molecule has 4 rings (SSSR count). The predicted molar refractivity (Wildman–Crippen MR) is 110 cm³/mol. The third-order valence-corrected chi connectivity index (χ3v) is 6.64. The average Bonchev–Trinajstić information content (AvgIpc) is 3.06. The van der Waals surface area contributed by atoms with Crippen molar-refractivity contribution < 1.29 is 4.79 Å². The molecule has 0 atom stereocenters. The number of carbonyl (C=O) groups excluding carboxylic acids is 1. The molecule has 1 saturated heterocycles. The van der Waals surface area contributed by atoms with E-state index in [1.807, 2.05) is 19.2 Å². The van der Waals surface area contributed by atoms with Crippen LogP contribution in [0.5, 0.6) is 0 Å². The Morgan fingerprint density at radius 2 is 1.96 bits per heavy atom. The van der Waals surface area contributed by atoms with E-state index in [4.69, 9.17) is 28.2 Å². The lowest BCUT2D eigenvalue weighted by molar-refractivity contribution is 0.0966. The van der Waals surface area contributed by atoms with Crippen molar-refractivity contribution >= 4 is 34.9 Å². The smallest absolute Gasteiger partial charge is 0.252 e. The maximum absolute atomic E-state index is 12.6. The molecule has 2 aliphatic rings. The van der Waals surface area contributed by atoms with Crippen LogP contribution in [0, 0.1) is 0 Å². The molecular formula is C20H22Cl2N4O. The van der Waals surface area contributed by atoms with Gasteiger partial charge in [0.15, 0.2) is 0 Å². The maximum Gasteiger partial charge on any atom is 0.252 e. The summed E-state index contributed by atoms with van der Waals surface area (Å²) in [5.74, 6) is 0.806. The maximum atomic E-state index is 12.6. The minimum atomic E-state index is -0.0863. The van der Waals surface area contributed by atoms with Crippen molar-refractivity contribution in [3.8, 4) is 11.1 Å². The van der Waals surface area contributed by atoms with Crippen LogP contribution in [0.25, 0.3) is 11.1 Å². The Labute approximate surface area is 169 Å². The van der Waals surface area contributed by atoms with Gasteiger partial charge in [0.2, 0.25) is 0 Å². The van der Waals surface area contributed by atoms with Gasteiger partial charge in [-0.3, -0.25) is 4.79 Å². The molecule has 5 nitrogen and oxygen atoms in total. The lowest BCUT2D eigenvalue weighted by atomic mass is 9.89. The van der Waals surface area contributed by atoms with Crippen LogP contribution in [0.15, 0.2) is 24.4 Å². The molecule has 1 amide bonds. The van der Waals surface area contributed by atoms with E-state index in [-0.39, 0.29) is 11.4 Å². The number of hydrogen-bond donors (Lipinski definition) is 2. The normalized spacial score (nSPS) is 18.4. The minimum Gasteiger partial charge on any atom is -0.356 e. The molecule has 1 aromatic carbocycles. The van der Waals surface area contributed by atoms with Crippen LogP contribution in [-0.2, 0) is 6.54 Å². The third-order valence-electron chi connectivity index (χ3n) is 5.82. The van der Waals surface area contributed by atoms with Crippen molar-refractivity contribution in [1.29, 1.82) is 0 Å². The van der Waals surface area contributed by atoms with E-state index < -0.39 is 0 Å². The lowest BCUT2D eigenvalue weighted by Crippen LogP contribution is -2.50. The van der Waals surface area contributed by atoms with E-state index in [0.29, 0.717) is 22.2 Å². The molecule has 142 valence electrons. The summed E-state index contributed by atoms with van der Waals surface area (Å²) in [6, 6.07) is 5.44. The predicted octanol–water partition coefficient (Wildman–Crippen LogP) is 3.88. The van der Waals surface area contributed by atoms with E-state index in [1.165, 1.54) is 0 Å². The molecule has 1 fully saturated rings. The van der Waals surface area contributed by atoms with Gasteiger partial charge in [-0.05, 0) is 32.9 Å². The van der Waals surface area contributed by atoms with Crippen molar-refractivity contribution in [1.82, 2.24) is 15.6 Å². The van der Waals surface area contributed by atoms with Gasteiger partial charge in [-0.15, -0.1) is 0 Å². The zero-order valence-corrected chi connectivity index (χ0v) is 16.9. The van der Waals surface area contributed by atoms with Crippen LogP contribution in [0.1, 0.15) is 35.7 Å². The SMILES string of the molecule is CNC1(C)CCN(c2ncc(-c3cccc(Cl)c3Cl)c3c2CNC3=O)CC1. The molecule has 0 saturated carbocycles. The Hall–Kier alpha value is -1.82. The van der Waals surface area contributed by atoms with Gasteiger partial charge in [0.05, 0.1) is 15.6 Å². The highest BCUT2D eigenvalue weighted by Gasteiger charge is 2.33. The number of fused-ring (bicyclic) bond motifs is 1. The first-order valence-corrected chi connectivity index (χ1v) is 9.87. The summed E-state index contributed by atoms with van der Waals surface area (Å²) in [7, 11) is 2.01. The topological polar surface area (TPSA) is 57.3 Å².